The lowest BCUT2D eigenvalue weighted by Crippen LogP contribution is -2.07. The highest BCUT2D eigenvalue weighted by Gasteiger charge is 2.18. The summed E-state index contributed by atoms with van der Waals surface area (Å²) in [5.41, 5.74) is 13.2. The van der Waals surface area contributed by atoms with E-state index in [-0.39, 0.29) is 0 Å². The van der Waals surface area contributed by atoms with E-state index in [1.807, 2.05) is 0 Å². The SMILES string of the molecule is Nc1sc2c(c1N)CCCO2. The molecule has 0 aromatic carbocycles. The quantitative estimate of drug-likeness (QED) is 0.615. The van der Waals surface area contributed by atoms with Gasteiger partial charge in [-0.1, -0.05) is 11.3 Å². The highest BCUT2D eigenvalue weighted by Crippen LogP contribution is 2.42. The maximum Gasteiger partial charge on any atom is 0.181 e. The molecule has 1 aromatic rings. The van der Waals surface area contributed by atoms with E-state index in [4.69, 9.17) is 16.2 Å². The van der Waals surface area contributed by atoms with Gasteiger partial charge in [0, 0.05) is 5.56 Å². The van der Waals surface area contributed by atoms with Gasteiger partial charge in [-0.05, 0) is 12.8 Å². The van der Waals surface area contributed by atoms with Crippen molar-refractivity contribution < 1.29 is 4.74 Å². The topological polar surface area (TPSA) is 61.3 Å². The number of thiophene rings is 1. The molecular formula is C7H10N2OS. The number of anilines is 2. The molecule has 0 aliphatic carbocycles. The summed E-state index contributed by atoms with van der Waals surface area (Å²) in [4.78, 5) is 0. The fourth-order valence-corrected chi connectivity index (χ4v) is 2.15. The zero-order chi connectivity index (χ0) is 7.84. The van der Waals surface area contributed by atoms with Crippen molar-refractivity contribution in [2.75, 3.05) is 18.1 Å². The van der Waals surface area contributed by atoms with Crippen LogP contribution in [0.3, 0.4) is 0 Å². The molecule has 4 N–H and O–H groups in total. The third-order valence-corrected chi connectivity index (χ3v) is 2.83. The molecule has 0 fully saturated rings. The average Bonchev–Trinajstić information content (AvgIpc) is 2.30. The molecule has 1 aliphatic heterocycles. The largest absolute Gasteiger partial charge is 0.484 e. The van der Waals surface area contributed by atoms with Crippen LogP contribution in [0.2, 0.25) is 0 Å². The Morgan fingerprint density at radius 2 is 2.18 bits per heavy atom. The summed E-state index contributed by atoms with van der Waals surface area (Å²) in [6.45, 7) is 0.798. The Morgan fingerprint density at radius 1 is 1.36 bits per heavy atom. The Balaban J connectivity index is 2.50. The van der Waals surface area contributed by atoms with Gasteiger partial charge >= 0.3 is 0 Å². The molecule has 0 radical (unpaired) electrons. The molecule has 0 saturated heterocycles. The van der Waals surface area contributed by atoms with E-state index < -0.39 is 0 Å². The second-order valence-electron chi connectivity index (χ2n) is 2.60. The van der Waals surface area contributed by atoms with Crippen LogP contribution in [0.4, 0.5) is 10.7 Å². The minimum atomic E-state index is 0.692. The van der Waals surface area contributed by atoms with Gasteiger partial charge in [-0.15, -0.1) is 0 Å². The van der Waals surface area contributed by atoms with Crippen molar-refractivity contribution in [3.8, 4) is 5.06 Å². The lowest BCUT2D eigenvalue weighted by Gasteiger charge is -2.12. The lowest BCUT2D eigenvalue weighted by molar-refractivity contribution is 0.298. The molecule has 0 amide bonds. The highest BCUT2D eigenvalue weighted by molar-refractivity contribution is 7.18. The van der Waals surface area contributed by atoms with Gasteiger partial charge in [-0.3, -0.25) is 0 Å². The first-order valence-electron chi connectivity index (χ1n) is 3.58. The van der Waals surface area contributed by atoms with Gasteiger partial charge in [0.25, 0.3) is 0 Å². The van der Waals surface area contributed by atoms with E-state index in [1.165, 1.54) is 11.3 Å². The fraction of sp³-hybridized carbons (Fsp3) is 0.429. The molecule has 0 bridgehead atoms. The standard InChI is InChI=1S/C7H10N2OS/c8-5-4-2-1-3-10-7(4)11-6(5)9/h1-3,8-9H2. The minimum Gasteiger partial charge on any atom is -0.484 e. The average molecular weight is 170 g/mol. The van der Waals surface area contributed by atoms with Crippen LogP contribution in [0, 0.1) is 0 Å². The Kier molecular flexibility index (Phi) is 1.42. The smallest absolute Gasteiger partial charge is 0.181 e. The number of hydrogen-bond acceptors (Lipinski definition) is 4. The summed E-state index contributed by atoms with van der Waals surface area (Å²) in [5, 5.41) is 1.61. The van der Waals surface area contributed by atoms with Crippen LogP contribution in [-0.4, -0.2) is 6.61 Å². The second-order valence-corrected chi connectivity index (χ2v) is 3.61. The van der Waals surface area contributed by atoms with E-state index in [0.29, 0.717) is 5.00 Å². The van der Waals surface area contributed by atoms with Gasteiger partial charge in [0.2, 0.25) is 0 Å². The van der Waals surface area contributed by atoms with Crippen LogP contribution in [0.5, 0.6) is 5.06 Å². The zero-order valence-electron chi connectivity index (χ0n) is 6.09. The summed E-state index contributed by atoms with van der Waals surface area (Å²) in [5.74, 6) is 0. The van der Waals surface area contributed by atoms with E-state index >= 15 is 0 Å². The van der Waals surface area contributed by atoms with Gasteiger partial charge in [0.15, 0.2) is 5.06 Å². The van der Waals surface area contributed by atoms with Gasteiger partial charge in [-0.2, -0.15) is 0 Å². The molecule has 60 valence electrons. The van der Waals surface area contributed by atoms with Crippen LogP contribution in [0.25, 0.3) is 0 Å². The Hall–Kier alpha value is -0.900. The van der Waals surface area contributed by atoms with Crippen molar-refractivity contribution in [2.24, 2.45) is 0 Å². The van der Waals surface area contributed by atoms with Crippen LogP contribution in [-0.2, 0) is 6.42 Å². The molecule has 1 aliphatic rings. The van der Waals surface area contributed by atoms with Crippen LogP contribution < -0.4 is 16.2 Å². The van der Waals surface area contributed by atoms with E-state index in [1.54, 1.807) is 0 Å². The first-order valence-corrected chi connectivity index (χ1v) is 4.40. The third-order valence-electron chi connectivity index (χ3n) is 1.84. The normalized spacial score (nSPS) is 15.6. The van der Waals surface area contributed by atoms with Crippen molar-refractivity contribution in [2.45, 2.75) is 12.8 Å². The van der Waals surface area contributed by atoms with E-state index in [2.05, 4.69) is 0 Å². The number of rotatable bonds is 0. The minimum absolute atomic E-state index is 0.692. The summed E-state index contributed by atoms with van der Waals surface area (Å²) >= 11 is 1.45. The van der Waals surface area contributed by atoms with Gasteiger partial charge in [0.05, 0.1) is 12.3 Å². The summed E-state index contributed by atoms with van der Waals surface area (Å²) in [7, 11) is 0. The number of hydrogen-bond donors (Lipinski definition) is 2. The van der Waals surface area contributed by atoms with Crippen molar-refractivity contribution in [1.82, 2.24) is 0 Å². The molecule has 3 nitrogen and oxygen atoms in total. The predicted molar refractivity (Wildman–Crippen MR) is 47.0 cm³/mol. The lowest BCUT2D eigenvalue weighted by atomic mass is 10.1. The summed E-state index contributed by atoms with van der Waals surface area (Å²) in [6.07, 6.45) is 2.06. The summed E-state index contributed by atoms with van der Waals surface area (Å²) in [6, 6.07) is 0. The molecule has 2 heterocycles. The van der Waals surface area contributed by atoms with Crippen molar-refractivity contribution in [3.63, 3.8) is 0 Å². The highest BCUT2D eigenvalue weighted by atomic mass is 32.1. The third kappa shape index (κ3) is 0.939. The predicted octanol–water partition coefficient (Wildman–Crippen LogP) is 1.24. The molecule has 0 unspecified atom stereocenters. The van der Waals surface area contributed by atoms with E-state index in [9.17, 15) is 0 Å². The van der Waals surface area contributed by atoms with Gasteiger partial charge in [-0.25, -0.2) is 0 Å². The number of ether oxygens (including phenoxy) is 1. The molecular weight excluding hydrogens is 160 g/mol. The number of nitrogens with two attached hydrogens (primary N) is 2. The zero-order valence-corrected chi connectivity index (χ0v) is 6.91. The Morgan fingerprint density at radius 3 is 2.91 bits per heavy atom. The number of nitrogen functional groups attached to an aromatic ring is 2. The Bertz CT molecular complexity index is 282. The molecule has 0 spiro atoms. The molecule has 2 rings (SSSR count). The molecule has 0 saturated carbocycles. The van der Waals surface area contributed by atoms with Crippen molar-refractivity contribution in [1.29, 1.82) is 0 Å². The fourth-order valence-electron chi connectivity index (χ4n) is 1.24. The van der Waals surface area contributed by atoms with E-state index in [0.717, 1.165) is 35.8 Å². The first-order chi connectivity index (χ1) is 5.29. The van der Waals surface area contributed by atoms with Gasteiger partial charge < -0.3 is 16.2 Å². The molecule has 11 heavy (non-hydrogen) atoms. The summed E-state index contributed by atoms with van der Waals surface area (Å²) < 4.78 is 5.38. The van der Waals surface area contributed by atoms with Gasteiger partial charge in [0.1, 0.15) is 5.00 Å². The maximum absolute atomic E-state index is 5.73. The van der Waals surface area contributed by atoms with Crippen molar-refractivity contribution >= 4 is 22.0 Å². The van der Waals surface area contributed by atoms with Crippen LogP contribution in [0.15, 0.2) is 0 Å². The molecule has 4 heteroatoms. The first kappa shape index (κ1) is 6.79. The molecule has 0 atom stereocenters. The van der Waals surface area contributed by atoms with Crippen molar-refractivity contribution in [3.05, 3.63) is 5.56 Å². The molecule has 1 aromatic heterocycles. The van der Waals surface area contributed by atoms with Crippen LogP contribution in [0.1, 0.15) is 12.0 Å². The van der Waals surface area contributed by atoms with Crippen LogP contribution >= 0.6 is 11.3 Å². The number of fused-ring (bicyclic) bond motifs is 1. The second kappa shape index (κ2) is 2.30. The Labute approximate surface area is 69.0 Å². The monoisotopic (exact) mass is 170 g/mol. The maximum atomic E-state index is 5.73.